The number of ether oxygens (including phenoxy) is 1. The summed E-state index contributed by atoms with van der Waals surface area (Å²) in [5.74, 6) is -0.739. The molecule has 0 saturated carbocycles. The van der Waals surface area contributed by atoms with Gasteiger partial charge < -0.3 is 9.84 Å². The maximum Gasteiger partial charge on any atom is 0.310 e. The van der Waals surface area contributed by atoms with Crippen molar-refractivity contribution >= 4 is 21.9 Å². The molecule has 0 aliphatic rings. The minimum Gasteiger partial charge on any atom is -0.496 e. The van der Waals surface area contributed by atoms with Gasteiger partial charge in [-0.1, -0.05) is 22.9 Å². The number of aryl methyl sites for hydroxylation is 1. The van der Waals surface area contributed by atoms with E-state index in [1.54, 1.807) is 20.1 Å². The van der Waals surface area contributed by atoms with Crippen LogP contribution >= 0.6 is 15.9 Å². The highest BCUT2D eigenvalue weighted by Crippen LogP contribution is 2.34. The second-order valence-electron chi connectivity index (χ2n) is 3.60. The molecule has 1 rings (SSSR count). The fraction of sp³-hybridized carbons (Fsp3) is 0.417. The maximum absolute atomic E-state index is 11.0. The Labute approximate surface area is 104 Å². The highest BCUT2D eigenvalue weighted by Gasteiger charge is 2.20. The summed E-state index contributed by atoms with van der Waals surface area (Å²) in [6.07, 6.45) is 0.807. The van der Waals surface area contributed by atoms with E-state index in [0.29, 0.717) is 11.3 Å². The lowest BCUT2D eigenvalue weighted by Gasteiger charge is -2.16. The highest BCUT2D eigenvalue weighted by molar-refractivity contribution is 9.10. The molecule has 0 heterocycles. The summed E-state index contributed by atoms with van der Waals surface area (Å²) in [4.78, 5) is 11.0. The zero-order valence-corrected chi connectivity index (χ0v) is 11.2. The topological polar surface area (TPSA) is 46.5 Å². The van der Waals surface area contributed by atoms with Crippen LogP contribution < -0.4 is 4.74 Å². The number of aliphatic carboxylic acids is 1. The molecule has 0 amide bonds. The molecule has 0 saturated heterocycles. The van der Waals surface area contributed by atoms with Gasteiger partial charge in [0.1, 0.15) is 5.75 Å². The van der Waals surface area contributed by atoms with Crippen LogP contribution in [0.5, 0.6) is 5.75 Å². The van der Waals surface area contributed by atoms with Crippen molar-refractivity contribution < 1.29 is 14.6 Å². The van der Waals surface area contributed by atoms with E-state index in [1.165, 1.54) is 0 Å². The molecule has 0 bridgehead atoms. The van der Waals surface area contributed by atoms with Crippen LogP contribution in [0.4, 0.5) is 0 Å². The smallest absolute Gasteiger partial charge is 0.310 e. The monoisotopic (exact) mass is 286 g/mol. The molecule has 1 N–H and O–H groups in total. The van der Waals surface area contributed by atoms with Crippen LogP contribution in [0.15, 0.2) is 16.6 Å². The molecule has 0 aliphatic heterocycles. The van der Waals surface area contributed by atoms with Crippen LogP contribution in [0.1, 0.15) is 30.9 Å². The fourth-order valence-electron chi connectivity index (χ4n) is 1.64. The van der Waals surface area contributed by atoms with Crippen LogP contribution in [0.25, 0.3) is 0 Å². The Balaban J connectivity index is 3.35. The molecule has 4 heteroatoms. The molecule has 1 aromatic rings. The third kappa shape index (κ3) is 2.55. The summed E-state index contributed by atoms with van der Waals surface area (Å²) in [7, 11) is 1.57. The zero-order chi connectivity index (χ0) is 12.3. The number of hydrogen-bond acceptors (Lipinski definition) is 2. The second-order valence-corrected chi connectivity index (χ2v) is 4.52. The number of carboxylic acid groups (broad SMARTS) is 1. The lowest BCUT2D eigenvalue weighted by atomic mass is 9.96. The largest absolute Gasteiger partial charge is 0.496 e. The van der Waals surface area contributed by atoms with E-state index in [-0.39, 0.29) is 0 Å². The quantitative estimate of drug-likeness (QED) is 0.925. The van der Waals surface area contributed by atoms with E-state index >= 15 is 0 Å². The molecule has 1 atom stereocenters. The van der Waals surface area contributed by atoms with Crippen LogP contribution in [0, 0.1) is 0 Å². The van der Waals surface area contributed by atoms with Gasteiger partial charge in [0.05, 0.1) is 13.0 Å². The summed E-state index contributed by atoms with van der Waals surface area (Å²) < 4.78 is 6.19. The highest BCUT2D eigenvalue weighted by atomic mass is 79.9. The first-order valence-electron chi connectivity index (χ1n) is 5.10. The lowest BCUT2D eigenvalue weighted by molar-refractivity contribution is -0.138. The molecule has 0 fully saturated rings. The summed E-state index contributed by atoms with van der Waals surface area (Å²) >= 11 is 3.39. The summed E-state index contributed by atoms with van der Waals surface area (Å²) in [5, 5.41) is 9.04. The molecule has 0 spiro atoms. The summed E-state index contributed by atoms with van der Waals surface area (Å²) in [6, 6.07) is 3.76. The SMILES string of the molecule is CCc1cc(Br)cc(C(C)C(=O)O)c1OC. The van der Waals surface area contributed by atoms with Crippen LogP contribution in [0.2, 0.25) is 0 Å². The first-order valence-corrected chi connectivity index (χ1v) is 5.89. The molecule has 3 nitrogen and oxygen atoms in total. The van der Waals surface area contributed by atoms with E-state index < -0.39 is 11.9 Å². The molecule has 1 aromatic carbocycles. The van der Waals surface area contributed by atoms with Crippen molar-refractivity contribution in [2.75, 3.05) is 7.11 Å². The van der Waals surface area contributed by atoms with Crippen molar-refractivity contribution in [2.45, 2.75) is 26.2 Å². The second kappa shape index (κ2) is 5.34. The van der Waals surface area contributed by atoms with Gasteiger partial charge in [-0.3, -0.25) is 4.79 Å². The minimum absolute atomic E-state index is 0.572. The molecule has 0 aromatic heterocycles. The first-order chi connectivity index (χ1) is 7.51. The zero-order valence-electron chi connectivity index (χ0n) is 9.58. The predicted molar refractivity (Wildman–Crippen MR) is 66.1 cm³/mol. The number of benzene rings is 1. The number of carboxylic acids is 1. The molecule has 1 unspecified atom stereocenters. The van der Waals surface area contributed by atoms with Gasteiger partial charge in [0.15, 0.2) is 0 Å². The van der Waals surface area contributed by atoms with Gasteiger partial charge in [0.2, 0.25) is 0 Å². The van der Waals surface area contributed by atoms with Crippen molar-refractivity contribution in [2.24, 2.45) is 0 Å². The Kier molecular flexibility index (Phi) is 4.35. The van der Waals surface area contributed by atoms with Crippen molar-refractivity contribution in [3.63, 3.8) is 0 Å². The number of methoxy groups -OCH3 is 1. The minimum atomic E-state index is -0.849. The lowest BCUT2D eigenvalue weighted by Crippen LogP contribution is -2.10. The van der Waals surface area contributed by atoms with Gasteiger partial charge in [-0.05, 0) is 31.0 Å². The van der Waals surface area contributed by atoms with Crippen molar-refractivity contribution in [3.05, 3.63) is 27.7 Å². The number of rotatable bonds is 4. The Morgan fingerprint density at radius 3 is 2.62 bits per heavy atom. The Morgan fingerprint density at radius 2 is 2.19 bits per heavy atom. The van der Waals surface area contributed by atoms with Gasteiger partial charge >= 0.3 is 5.97 Å². The van der Waals surface area contributed by atoms with E-state index in [2.05, 4.69) is 15.9 Å². The van der Waals surface area contributed by atoms with Gasteiger partial charge in [0, 0.05) is 10.0 Å². The summed E-state index contributed by atoms with van der Waals surface area (Å²) in [6.45, 7) is 3.67. The van der Waals surface area contributed by atoms with E-state index in [1.807, 2.05) is 13.0 Å². The van der Waals surface area contributed by atoms with Gasteiger partial charge in [0.25, 0.3) is 0 Å². The third-order valence-electron chi connectivity index (χ3n) is 2.58. The molecular formula is C12H15BrO3. The average molecular weight is 287 g/mol. The first kappa shape index (κ1) is 13.0. The average Bonchev–Trinajstić information content (AvgIpc) is 2.26. The normalized spacial score (nSPS) is 12.2. The van der Waals surface area contributed by atoms with Crippen LogP contribution in [-0.4, -0.2) is 18.2 Å². The molecule has 16 heavy (non-hydrogen) atoms. The fourth-order valence-corrected chi connectivity index (χ4v) is 2.16. The van der Waals surface area contributed by atoms with Crippen LogP contribution in [-0.2, 0) is 11.2 Å². The molecule has 88 valence electrons. The van der Waals surface area contributed by atoms with Gasteiger partial charge in [-0.15, -0.1) is 0 Å². The van der Waals surface area contributed by atoms with Crippen molar-refractivity contribution in [3.8, 4) is 5.75 Å². The number of hydrogen-bond donors (Lipinski definition) is 1. The Bertz CT molecular complexity index is 401. The van der Waals surface area contributed by atoms with Crippen molar-refractivity contribution in [1.82, 2.24) is 0 Å². The summed E-state index contributed by atoms with van der Waals surface area (Å²) in [5.41, 5.74) is 1.72. The molecular weight excluding hydrogens is 272 g/mol. The van der Waals surface area contributed by atoms with Crippen molar-refractivity contribution in [1.29, 1.82) is 0 Å². The standard InChI is InChI=1S/C12H15BrO3/c1-4-8-5-9(13)6-10(11(8)16-3)7(2)12(14)15/h5-7H,4H2,1-3H3,(H,14,15). The van der Waals surface area contributed by atoms with Gasteiger partial charge in [-0.25, -0.2) is 0 Å². The predicted octanol–water partition coefficient (Wildman–Crippen LogP) is 3.21. The molecule has 0 radical (unpaired) electrons. The van der Waals surface area contributed by atoms with Gasteiger partial charge in [-0.2, -0.15) is 0 Å². The van der Waals surface area contributed by atoms with E-state index in [0.717, 1.165) is 16.5 Å². The Morgan fingerprint density at radius 1 is 1.56 bits per heavy atom. The Hall–Kier alpha value is -1.03. The number of halogens is 1. The molecule has 0 aliphatic carbocycles. The third-order valence-corrected chi connectivity index (χ3v) is 3.04. The maximum atomic E-state index is 11.0. The van der Waals surface area contributed by atoms with E-state index in [9.17, 15) is 4.79 Å². The van der Waals surface area contributed by atoms with E-state index in [4.69, 9.17) is 9.84 Å². The van der Waals surface area contributed by atoms with Crippen LogP contribution in [0.3, 0.4) is 0 Å². The number of carbonyl (C=O) groups is 1.